The molecule has 0 saturated carbocycles. The number of hydrogen-bond acceptors (Lipinski definition) is 3. The van der Waals surface area contributed by atoms with Gasteiger partial charge in [-0.1, -0.05) is 13.8 Å². The standard InChI is InChI=1S/C16H23N3O2/c1-5-18-15(11(3)4)14(17)16(20)19(18)12-7-9-13(10-8-12)21-6-2/h7-11H,5-6,17H2,1-4H3. The van der Waals surface area contributed by atoms with Gasteiger partial charge >= 0.3 is 0 Å². The molecular weight excluding hydrogens is 266 g/mol. The van der Waals surface area contributed by atoms with Crippen molar-refractivity contribution >= 4 is 5.69 Å². The Morgan fingerprint density at radius 3 is 2.29 bits per heavy atom. The van der Waals surface area contributed by atoms with Gasteiger partial charge in [-0.3, -0.25) is 9.48 Å². The van der Waals surface area contributed by atoms with Gasteiger partial charge in [0.05, 0.1) is 18.0 Å². The average Bonchev–Trinajstić information content (AvgIpc) is 2.72. The van der Waals surface area contributed by atoms with E-state index in [1.54, 1.807) is 4.68 Å². The molecule has 2 aromatic rings. The first kappa shape index (κ1) is 15.2. The van der Waals surface area contributed by atoms with Crippen LogP contribution in [0.1, 0.15) is 39.3 Å². The number of aromatic nitrogens is 2. The Balaban J connectivity index is 2.58. The molecule has 0 radical (unpaired) electrons. The summed E-state index contributed by atoms with van der Waals surface area (Å²) >= 11 is 0. The van der Waals surface area contributed by atoms with Crippen LogP contribution in [0.4, 0.5) is 5.69 Å². The average molecular weight is 289 g/mol. The molecule has 0 aliphatic heterocycles. The highest BCUT2D eigenvalue weighted by atomic mass is 16.5. The number of ether oxygens (including phenoxy) is 1. The number of nitrogens with two attached hydrogens (primary N) is 1. The lowest BCUT2D eigenvalue weighted by atomic mass is 10.1. The first-order valence-corrected chi connectivity index (χ1v) is 7.35. The fourth-order valence-corrected chi connectivity index (χ4v) is 2.61. The highest BCUT2D eigenvalue weighted by Crippen LogP contribution is 2.22. The van der Waals surface area contributed by atoms with Crippen molar-refractivity contribution in [2.75, 3.05) is 12.3 Å². The van der Waals surface area contributed by atoms with Gasteiger partial charge in [0.1, 0.15) is 11.4 Å². The van der Waals surface area contributed by atoms with Crippen LogP contribution in [0.5, 0.6) is 5.75 Å². The number of hydrogen-bond donors (Lipinski definition) is 1. The number of nitrogen functional groups attached to an aromatic ring is 1. The van der Waals surface area contributed by atoms with Crippen LogP contribution in [0.15, 0.2) is 29.1 Å². The van der Waals surface area contributed by atoms with Gasteiger partial charge in [0, 0.05) is 6.54 Å². The molecule has 0 aliphatic carbocycles. The molecule has 1 heterocycles. The maximum atomic E-state index is 12.5. The summed E-state index contributed by atoms with van der Waals surface area (Å²) in [4.78, 5) is 12.5. The van der Waals surface area contributed by atoms with Crippen molar-refractivity contribution in [1.29, 1.82) is 0 Å². The second kappa shape index (κ2) is 6.08. The Labute approximate surface area is 124 Å². The van der Waals surface area contributed by atoms with Gasteiger partial charge in [-0.15, -0.1) is 0 Å². The minimum absolute atomic E-state index is 0.162. The fourth-order valence-electron chi connectivity index (χ4n) is 2.61. The van der Waals surface area contributed by atoms with Crippen molar-refractivity contribution in [1.82, 2.24) is 9.36 Å². The van der Waals surface area contributed by atoms with Crippen LogP contribution in [-0.4, -0.2) is 16.0 Å². The van der Waals surface area contributed by atoms with E-state index >= 15 is 0 Å². The zero-order chi connectivity index (χ0) is 15.6. The quantitative estimate of drug-likeness (QED) is 0.920. The molecule has 1 aromatic heterocycles. The van der Waals surface area contributed by atoms with Crippen molar-refractivity contribution in [2.24, 2.45) is 0 Å². The Bertz CT molecular complexity index is 666. The Kier molecular flexibility index (Phi) is 4.40. The van der Waals surface area contributed by atoms with E-state index in [2.05, 4.69) is 0 Å². The molecule has 0 spiro atoms. The topological polar surface area (TPSA) is 62.2 Å². The number of benzene rings is 1. The lowest BCUT2D eigenvalue weighted by Gasteiger charge is -2.15. The summed E-state index contributed by atoms with van der Waals surface area (Å²) in [5, 5.41) is 0. The van der Waals surface area contributed by atoms with Gasteiger partial charge in [0.15, 0.2) is 0 Å². The van der Waals surface area contributed by atoms with Gasteiger partial charge in [0.25, 0.3) is 5.56 Å². The zero-order valence-electron chi connectivity index (χ0n) is 13.1. The number of rotatable bonds is 5. The van der Waals surface area contributed by atoms with Crippen molar-refractivity contribution in [2.45, 2.75) is 40.2 Å². The highest BCUT2D eigenvalue weighted by molar-refractivity contribution is 5.47. The summed E-state index contributed by atoms with van der Waals surface area (Å²) in [6, 6.07) is 7.48. The first-order chi connectivity index (χ1) is 10.0. The van der Waals surface area contributed by atoms with Gasteiger partial charge in [-0.2, -0.15) is 0 Å². The third-order valence-electron chi connectivity index (χ3n) is 3.46. The van der Waals surface area contributed by atoms with Crippen LogP contribution in [-0.2, 0) is 6.54 Å². The summed E-state index contributed by atoms with van der Waals surface area (Å²) in [5.74, 6) is 0.988. The molecule has 0 unspecified atom stereocenters. The third kappa shape index (κ3) is 2.68. The van der Waals surface area contributed by atoms with Crippen LogP contribution < -0.4 is 16.0 Å². The molecule has 0 bridgehead atoms. The van der Waals surface area contributed by atoms with Gasteiger partial charge in [0.2, 0.25) is 0 Å². The molecule has 0 amide bonds. The molecule has 0 fully saturated rings. The number of nitrogens with zero attached hydrogens (tertiary/aromatic N) is 2. The fraction of sp³-hybridized carbons (Fsp3) is 0.438. The van der Waals surface area contributed by atoms with Crippen LogP contribution in [0.25, 0.3) is 5.69 Å². The third-order valence-corrected chi connectivity index (χ3v) is 3.46. The van der Waals surface area contributed by atoms with Gasteiger partial charge in [-0.05, 0) is 44.0 Å². The van der Waals surface area contributed by atoms with E-state index in [-0.39, 0.29) is 11.5 Å². The molecular formula is C16H23N3O2. The normalized spacial score (nSPS) is 11.1. The molecule has 0 aliphatic rings. The lowest BCUT2D eigenvalue weighted by molar-refractivity contribution is 0.340. The van der Waals surface area contributed by atoms with Crippen molar-refractivity contribution < 1.29 is 4.74 Å². The monoisotopic (exact) mass is 289 g/mol. The zero-order valence-corrected chi connectivity index (χ0v) is 13.1. The molecule has 2 rings (SSSR count). The molecule has 5 heteroatoms. The molecule has 0 saturated heterocycles. The minimum Gasteiger partial charge on any atom is -0.494 e. The maximum absolute atomic E-state index is 12.5. The Hall–Kier alpha value is -2.17. The molecule has 114 valence electrons. The van der Waals surface area contributed by atoms with E-state index in [0.29, 0.717) is 18.8 Å². The summed E-state index contributed by atoms with van der Waals surface area (Å²) in [6.45, 7) is 9.34. The van der Waals surface area contributed by atoms with Crippen molar-refractivity contribution in [3.05, 3.63) is 40.3 Å². The largest absolute Gasteiger partial charge is 0.494 e. The summed E-state index contributed by atoms with van der Waals surface area (Å²) in [7, 11) is 0. The van der Waals surface area contributed by atoms with E-state index in [1.165, 1.54) is 0 Å². The maximum Gasteiger partial charge on any atom is 0.294 e. The van der Waals surface area contributed by atoms with E-state index in [0.717, 1.165) is 17.1 Å². The molecule has 1 aromatic carbocycles. The Morgan fingerprint density at radius 2 is 1.81 bits per heavy atom. The minimum atomic E-state index is -0.162. The first-order valence-electron chi connectivity index (χ1n) is 7.35. The molecule has 21 heavy (non-hydrogen) atoms. The van der Waals surface area contributed by atoms with Crippen LogP contribution >= 0.6 is 0 Å². The lowest BCUT2D eigenvalue weighted by Crippen LogP contribution is -2.22. The second-order valence-electron chi connectivity index (χ2n) is 5.21. The smallest absolute Gasteiger partial charge is 0.294 e. The van der Waals surface area contributed by atoms with Gasteiger partial charge < -0.3 is 10.5 Å². The van der Waals surface area contributed by atoms with E-state index in [4.69, 9.17) is 10.5 Å². The molecule has 0 atom stereocenters. The van der Waals surface area contributed by atoms with Crippen LogP contribution in [0, 0.1) is 0 Å². The van der Waals surface area contributed by atoms with E-state index in [1.807, 2.05) is 56.6 Å². The van der Waals surface area contributed by atoms with E-state index < -0.39 is 0 Å². The number of anilines is 1. The Morgan fingerprint density at radius 1 is 1.19 bits per heavy atom. The highest BCUT2D eigenvalue weighted by Gasteiger charge is 2.20. The van der Waals surface area contributed by atoms with Crippen LogP contribution in [0.3, 0.4) is 0 Å². The van der Waals surface area contributed by atoms with E-state index in [9.17, 15) is 4.79 Å². The molecule has 5 nitrogen and oxygen atoms in total. The predicted octanol–water partition coefficient (Wildman–Crippen LogP) is 2.76. The molecule has 2 N–H and O–H groups in total. The summed E-state index contributed by atoms with van der Waals surface area (Å²) in [6.07, 6.45) is 0. The van der Waals surface area contributed by atoms with Gasteiger partial charge in [-0.25, -0.2) is 4.68 Å². The SMILES string of the molecule is CCOc1ccc(-n2c(=O)c(N)c(C(C)C)n2CC)cc1. The van der Waals surface area contributed by atoms with Crippen LogP contribution in [0.2, 0.25) is 0 Å². The second-order valence-corrected chi connectivity index (χ2v) is 5.21. The summed E-state index contributed by atoms with van der Waals surface area (Å²) < 4.78 is 9.01. The predicted molar refractivity (Wildman–Crippen MR) is 85.4 cm³/mol. The summed E-state index contributed by atoms with van der Waals surface area (Å²) in [5.41, 5.74) is 7.87. The van der Waals surface area contributed by atoms with Crippen molar-refractivity contribution in [3.63, 3.8) is 0 Å². The van der Waals surface area contributed by atoms with Crippen molar-refractivity contribution in [3.8, 4) is 11.4 Å².